The molecule has 0 saturated carbocycles. The van der Waals surface area contributed by atoms with Crippen LogP contribution in [-0.2, 0) is 0 Å². The summed E-state index contributed by atoms with van der Waals surface area (Å²) in [6.45, 7) is 4.00. The van der Waals surface area contributed by atoms with Gasteiger partial charge in [0.25, 0.3) is 0 Å². The number of hydrogen-bond acceptors (Lipinski definition) is 3. The third-order valence-electron chi connectivity index (χ3n) is 2.28. The average Bonchev–Trinajstić information content (AvgIpc) is 2.43. The van der Waals surface area contributed by atoms with Gasteiger partial charge in [-0.15, -0.1) is 11.3 Å². The van der Waals surface area contributed by atoms with Crippen molar-refractivity contribution in [2.24, 2.45) is 0 Å². The summed E-state index contributed by atoms with van der Waals surface area (Å²) in [4.78, 5) is 16.9. The molecule has 2 aromatic heterocycles. The van der Waals surface area contributed by atoms with Crippen LogP contribution in [0.2, 0.25) is 0 Å². The van der Waals surface area contributed by atoms with Crippen LogP contribution in [0.3, 0.4) is 0 Å². The van der Waals surface area contributed by atoms with Crippen LogP contribution in [0.25, 0.3) is 10.2 Å². The number of aromatic nitrogens is 1. The maximum atomic E-state index is 10.7. The molecule has 0 unspecified atom stereocenters. The number of thiophene rings is 1. The first-order chi connectivity index (χ1) is 6.59. The van der Waals surface area contributed by atoms with Crippen molar-refractivity contribution in [2.75, 3.05) is 0 Å². The Bertz CT molecular complexity index is 516. The molecule has 2 aromatic rings. The zero-order chi connectivity index (χ0) is 10.3. The van der Waals surface area contributed by atoms with Gasteiger partial charge < -0.3 is 5.11 Å². The summed E-state index contributed by atoms with van der Waals surface area (Å²) in [7, 11) is 0. The average molecular weight is 207 g/mol. The lowest BCUT2D eigenvalue weighted by Gasteiger charge is -1.94. The predicted octanol–water partition coefficient (Wildman–Crippen LogP) is 2.61. The number of nitrogens with zero attached hydrogens (tertiary/aromatic N) is 1. The van der Waals surface area contributed by atoms with Crippen molar-refractivity contribution in [2.45, 2.75) is 13.8 Å². The van der Waals surface area contributed by atoms with Crippen molar-refractivity contribution >= 4 is 27.5 Å². The number of aromatic carboxylic acids is 1. The van der Waals surface area contributed by atoms with E-state index in [9.17, 15) is 4.79 Å². The van der Waals surface area contributed by atoms with E-state index in [0.29, 0.717) is 0 Å². The van der Waals surface area contributed by atoms with E-state index in [1.54, 1.807) is 17.4 Å². The van der Waals surface area contributed by atoms with Gasteiger partial charge >= 0.3 is 5.97 Å². The number of aryl methyl sites for hydroxylation is 2. The van der Waals surface area contributed by atoms with E-state index in [-0.39, 0.29) is 5.56 Å². The summed E-state index contributed by atoms with van der Waals surface area (Å²) >= 11 is 1.60. The summed E-state index contributed by atoms with van der Waals surface area (Å²) in [5.41, 5.74) is 1.37. The predicted molar refractivity (Wildman–Crippen MR) is 56.1 cm³/mol. The Kier molecular flexibility index (Phi) is 2.00. The fourth-order valence-electron chi connectivity index (χ4n) is 1.33. The van der Waals surface area contributed by atoms with Crippen molar-refractivity contribution < 1.29 is 9.90 Å². The van der Waals surface area contributed by atoms with Gasteiger partial charge in [0.1, 0.15) is 4.83 Å². The van der Waals surface area contributed by atoms with Crippen LogP contribution in [0.15, 0.2) is 12.3 Å². The third kappa shape index (κ3) is 1.28. The Balaban J connectivity index is 2.76. The number of carbonyl (C=O) groups is 1. The standard InChI is InChI=1S/C10H9NO2S/c1-5-6(2)14-9-8(5)3-7(4-11-9)10(12)13/h3-4H,1-2H3,(H,12,13). The Labute approximate surface area is 85.0 Å². The lowest BCUT2D eigenvalue weighted by atomic mass is 10.1. The fraction of sp³-hybridized carbons (Fsp3) is 0.200. The highest BCUT2D eigenvalue weighted by Crippen LogP contribution is 2.28. The van der Waals surface area contributed by atoms with Crippen molar-refractivity contribution in [3.8, 4) is 0 Å². The van der Waals surface area contributed by atoms with E-state index in [2.05, 4.69) is 4.98 Å². The van der Waals surface area contributed by atoms with E-state index < -0.39 is 5.97 Å². The number of carboxylic acids is 1. The first-order valence-electron chi connectivity index (χ1n) is 4.18. The molecule has 0 aliphatic rings. The highest BCUT2D eigenvalue weighted by molar-refractivity contribution is 7.18. The van der Waals surface area contributed by atoms with E-state index >= 15 is 0 Å². The van der Waals surface area contributed by atoms with Gasteiger partial charge in [0, 0.05) is 16.5 Å². The van der Waals surface area contributed by atoms with E-state index in [4.69, 9.17) is 5.11 Å². The molecule has 1 N–H and O–H groups in total. The molecular weight excluding hydrogens is 198 g/mol. The van der Waals surface area contributed by atoms with Crippen LogP contribution in [0, 0.1) is 13.8 Å². The maximum Gasteiger partial charge on any atom is 0.337 e. The van der Waals surface area contributed by atoms with Gasteiger partial charge in [-0.3, -0.25) is 0 Å². The second-order valence-electron chi connectivity index (χ2n) is 3.17. The smallest absolute Gasteiger partial charge is 0.337 e. The Morgan fingerprint density at radius 2 is 2.21 bits per heavy atom. The largest absolute Gasteiger partial charge is 0.478 e. The lowest BCUT2D eigenvalue weighted by molar-refractivity contribution is 0.0696. The number of hydrogen-bond donors (Lipinski definition) is 1. The van der Waals surface area contributed by atoms with Crippen molar-refractivity contribution in [1.29, 1.82) is 0 Å². The van der Waals surface area contributed by atoms with Crippen LogP contribution >= 0.6 is 11.3 Å². The van der Waals surface area contributed by atoms with Crippen molar-refractivity contribution in [3.05, 3.63) is 28.3 Å². The van der Waals surface area contributed by atoms with Crippen molar-refractivity contribution in [3.63, 3.8) is 0 Å². The number of fused-ring (bicyclic) bond motifs is 1. The highest BCUT2D eigenvalue weighted by atomic mass is 32.1. The van der Waals surface area contributed by atoms with E-state index in [1.807, 2.05) is 13.8 Å². The van der Waals surface area contributed by atoms with Gasteiger partial charge in [0.15, 0.2) is 0 Å². The summed E-state index contributed by atoms with van der Waals surface area (Å²) in [6.07, 6.45) is 1.40. The molecule has 2 rings (SSSR count). The van der Waals surface area contributed by atoms with Gasteiger partial charge in [-0.05, 0) is 25.5 Å². The summed E-state index contributed by atoms with van der Waals surface area (Å²) in [5.74, 6) is -0.928. The SMILES string of the molecule is Cc1sc2ncc(C(=O)O)cc2c1C. The second kappa shape index (κ2) is 3.06. The third-order valence-corrected chi connectivity index (χ3v) is 3.41. The van der Waals surface area contributed by atoms with Gasteiger partial charge in [0.05, 0.1) is 5.56 Å². The summed E-state index contributed by atoms with van der Waals surface area (Å²) in [6, 6.07) is 1.68. The molecule has 0 amide bonds. The molecule has 2 heterocycles. The molecular formula is C10H9NO2S. The molecule has 4 heteroatoms. The molecule has 72 valence electrons. The first-order valence-corrected chi connectivity index (χ1v) is 5.00. The Morgan fingerprint density at radius 1 is 1.50 bits per heavy atom. The van der Waals surface area contributed by atoms with Gasteiger partial charge in [-0.25, -0.2) is 9.78 Å². The van der Waals surface area contributed by atoms with Gasteiger partial charge in [-0.2, -0.15) is 0 Å². The zero-order valence-corrected chi connectivity index (χ0v) is 8.68. The molecule has 3 nitrogen and oxygen atoms in total. The molecule has 0 aliphatic heterocycles. The highest BCUT2D eigenvalue weighted by Gasteiger charge is 2.09. The van der Waals surface area contributed by atoms with Gasteiger partial charge in [0.2, 0.25) is 0 Å². The van der Waals surface area contributed by atoms with Crippen molar-refractivity contribution in [1.82, 2.24) is 4.98 Å². The minimum atomic E-state index is -0.928. The Morgan fingerprint density at radius 3 is 2.86 bits per heavy atom. The van der Waals surface area contributed by atoms with Crippen LogP contribution in [0.1, 0.15) is 20.8 Å². The van der Waals surface area contributed by atoms with Crippen LogP contribution in [-0.4, -0.2) is 16.1 Å². The second-order valence-corrected chi connectivity index (χ2v) is 4.37. The summed E-state index contributed by atoms with van der Waals surface area (Å²) < 4.78 is 0. The molecule has 0 fully saturated rings. The monoisotopic (exact) mass is 207 g/mol. The molecule has 0 bridgehead atoms. The van der Waals surface area contributed by atoms with E-state index in [1.165, 1.54) is 11.1 Å². The molecule has 0 aromatic carbocycles. The fourth-order valence-corrected chi connectivity index (χ4v) is 2.31. The van der Waals surface area contributed by atoms with Crippen LogP contribution < -0.4 is 0 Å². The lowest BCUT2D eigenvalue weighted by Crippen LogP contribution is -1.96. The quantitative estimate of drug-likeness (QED) is 0.782. The summed E-state index contributed by atoms with van der Waals surface area (Å²) in [5, 5.41) is 9.76. The van der Waals surface area contributed by atoms with Crippen LogP contribution in [0.4, 0.5) is 0 Å². The molecule has 0 radical (unpaired) electrons. The number of carboxylic acid groups (broad SMARTS) is 1. The maximum absolute atomic E-state index is 10.7. The molecule has 0 atom stereocenters. The topological polar surface area (TPSA) is 50.2 Å². The van der Waals surface area contributed by atoms with E-state index in [0.717, 1.165) is 15.8 Å². The molecule has 14 heavy (non-hydrogen) atoms. The number of rotatable bonds is 1. The molecule has 0 spiro atoms. The number of pyridine rings is 1. The molecule has 0 aliphatic carbocycles. The Hall–Kier alpha value is -1.42. The first kappa shape index (κ1) is 9.15. The molecule has 0 saturated heterocycles. The minimum absolute atomic E-state index is 0.249. The minimum Gasteiger partial charge on any atom is -0.478 e. The normalized spacial score (nSPS) is 10.7. The van der Waals surface area contributed by atoms with Gasteiger partial charge in [-0.1, -0.05) is 0 Å². The zero-order valence-electron chi connectivity index (χ0n) is 7.87. The van der Waals surface area contributed by atoms with Crippen LogP contribution in [0.5, 0.6) is 0 Å².